The molecule has 0 saturated carbocycles. The monoisotopic (exact) mass is 1110 g/mol. The standard InChI is InChI=1S/C56H59N7O11.C4H10.C3H8/c1-8-56(43-25-45-49-34(27-62(45)53(69)42(43)29-72-55(56)71)23-39-41(28-59(5)6)46(65)18-17-44(39)57-49)74-54(70)33-19-21-61(22-20-33)52(68)32-9-13-36(14-10-32)73-37-15-11-35(12-16-37)63-50(58-60(7)51(63)31(4)64)40-24-38(30(2)3)47(66)26-48(40)67;1-4(2)3;1-3-2/h9-18,23-26,30,33,50-51,58,65-67H,8,19-22,27-29H2,1-7H3;4H,1-3H3;3H2,1-2H3. The van der Waals surface area contributed by atoms with Gasteiger partial charge in [0.1, 0.15) is 41.5 Å². The van der Waals surface area contributed by atoms with Crippen molar-refractivity contribution in [3.8, 4) is 40.1 Å². The molecule has 3 atom stereocenters. The highest BCUT2D eigenvalue weighted by Crippen LogP contribution is 2.44. The van der Waals surface area contributed by atoms with Gasteiger partial charge in [-0.2, -0.15) is 0 Å². The molecule has 0 radical (unpaired) electrons. The number of rotatable bonds is 12. The Balaban J connectivity index is 0.00000117. The van der Waals surface area contributed by atoms with E-state index >= 15 is 0 Å². The number of carbonyl (C=O) groups is 4. The highest BCUT2D eigenvalue weighted by molar-refractivity contribution is 5.95. The average Bonchev–Trinajstić information content (AvgIpc) is 4.01. The van der Waals surface area contributed by atoms with Gasteiger partial charge in [-0.3, -0.25) is 19.2 Å². The van der Waals surface area contributed by atoms with Crippen LogP contribution in [0.4, 0.5) is 5.69 Å². The summed E-state index contributed by atoms with van der Waals surface area (Å²) in [6.07, 6.45) is 0.521. The first kappa shape index (κ1) is 59.3. The second-order valence-electron chi connectivity index (χ2n) is 22.6. The summed E-state index contributed by atoms with van der Waals surface area (Å²) in [6.45, 7) is 18.8. The van der Waals surface area contributed by atoms with Crippen molar-refractivity contribution in [1.29, 1.82) is 0 Å². The zero-order chi connectivity index (χ0) is 58.8. The molecule has 6 heterocycles. The minimum atomic E-state index is -1.87. The van der Waals surface area contributed by atoms with Crippen LogP contribution in [0.25, 0.3) is 22.3 Å². The number of aromatic hydroxyl groups is 3. The fourth-order valence-electron chi connectivity index (χ4n) is 10.9. The number of phenolic OH excluding ortho intramolecular Hbond substituents is 3. The van der Waals surface area contributed by atoms with Crippen molar-refractivity contribution < 1.29 is 48.7 Å². The van der Waals surface area contributed by atoms with E-state index in [0.717, 1.165) is 22.4 Å². The summed E-state index contributed by atoms with van der Waals surface area (Å²) in [5.74, 6) is -0.486. The maximum absolute atomic E-state index is 14.2. The molecule has 0 bridgehead atoms. The molecule has 2 saturated heterocycles. The molecule has 4 aromatic carbocycles. The van der Waals surface area contributed by atoms with E-state index in [1.54, 1.807) is 89.1 Å². The lowest BCUT2D eigenvalue weighted by atomic mass is 9.85. The number of ketones is 1. The molecule has 0 spiro atoms. The van der Waals surface area contributed by atoms with Crippen molar-refractivity contribution in [2.24, 2.45) is 11.8 Å². The first-order valence-corrected chi connectivity index (χ1v) is 28.0. The fourth-order valence-corrected chi connectivity index (χ4v) is 10.9. The Kier molecular flexibility index (Phi) is 18.0. The molecular weight excluding hydrogens is 1030 g/mol. The van der Waals surface area contributed by atoms with E-state index in [1.165, 1.54) is 19.4 Å². The number of esters is 2. The first-order chi connectivity index (χ1) is 38.5. The summed E-state index contributed by atoms with van der Waals surface area (Å²) in [4.78, 5) is 79.3. The normalized spacial score (nSPS) is 18.6. The van der Waals surface area contributed by atoms with Gasteiger partial charge in [0.15, 0.2) is 11.9 Å². The van der Waals surface area contributed by atoms with Crippen molar-refractivity contribution in [2.75, 3.05) is 39.1 Å². The number of hydrogen-bond donors (Lipinski definition) is 4. The molecule has 18 heteroatoms. The summed E-state index contributed by atoms with van der Waals surface area (Å²) < 4.78 is 19.6. The highest BCUT2D eigenvalue weighted by Gasteiger charge is 2.51. The largest absolute Gasteiger partial charge is 0.508 e. The number of hydrazine groups is 1. The van der Waals surface area contributed by atoms with E-state index in [9.17, 15) is 39.3 Å². The lowest BCUT2D eigenvalue weighted by Gasteiger charge is -2.38. The van der Waals surface area contributed by atoms with E-state index in [1.807, 2.05) is 55.9 Å². The molecule has 2 fully saturated rings. The molecule has 4 N–H and O–H groups in total. The quantitative estimate of drug-likeness (QED) is 0.0837. The van der Waals surface area contributed by atoms with E-state index in [0.29, 0.717) is 70.2 Å². The number of fused-ring (bicyclic) bond motifs is 5. The van der Waals surface area contributed by atoms with Crippen molar-refractivity contribution in [2.45, 2.75) is 132 Å². The van der Waals surface area contributed by atoms with E-state index in [2.05, 4.69) is 40.0 Å². The van der Waals surface area contributed by atoms with Gasteiger partial charge >= 0.3 is 11.9 Å². The molecule has 2 aromatic heterocycles. The summed E-state index contributed by atoms with van der Waals surface area (Å²) in [7, 11) is 5.58. The molecule has 18 nitrogen and oxygen atoms in total. The minimum absolute atomic E-state index is 0.00580. The van der Waals surface area contributed by atoms with Crippen LogP contribution in [0.2, 0.25) is 0 Å². The number of phenols is 3. The number of carbonyl (C=O) groups excluding carboxylic acids is 4. The van der Waals surface area contributed by atoms with Crippen LogP contribution in [0.3, 0.4) is 0 Å². The van der Waals surface area contributed by atoms with Crippen LogP contribution in [-0.2, 0) is 49.2 Å². The summed E-state index contributed by atoms with van der Waals surface area (Å²) in [6, 6.07) is 24.0. The Hall–Kier alpha value is -7.80. The number of ether oxygens (including phenoxy) is 3. The molecule has 4 aliphatic rings. The number of benzene rings is 4. The highest BCUT2D eigenvalue weighted by atomic mass is 16.6. The van der Waals surface area contributed by atoms with Gasteiger partial charge in [-0.15, -0.1) is 0 Å². The number of Topliss-reactive ketones (excluding diaryl/α,β-unsaturated/α-hetero) is 1. The molecule has 0 aliphatic carbocycles. The number of aromatic nitrogens is 2. The van der Waals surface area contributed by atoms with Crippen molar-refractivity contribution in [3.05, 3.63) is 134 Å². The maximum atomic E-state index is 14.2. The van der Waals surface area contributed by atoms with Crippen LogP contribution in [0.15, 0.2) is 89.7 Å². The molecular formula is C63H77N7O11. The molecule has 3 unspecified atom stereocenters. The van der Waals surface area contributed by atoms with Gasteiger partial charge in [-0.25, -0.2) is 20.2 Å². The second-order valence-corrected chi connectivity index (χ2v) is 22.6. The lowest BCUT2D eigenvalue weighted by Crippen LogP contribution is -2.49. The van der Waals surface area contributed by atoms with Gasteiger partial charge in [0, 0.05) is 71.6 Å². The number of anilines is 1. The molecule has 430 valence electrons. The van der Waals surface area contributed by atoms with Gasteiger partial charge in [0.25, 0.3) is 11.5 Å². The first-order valence-electron chi connectivity index (χ1n) is 28.0. The third-order valence-corrected chi connectivity index (χ3v) is 14.8. The number of pyridine rings is 2. The topological polar surface area (TPSA) is 217 Å². The lowest BCUT2D eigenvalue weighted by molar-refractivity contribution is -0.192. The van der Waals surface area contributed by atoms with Crippen LogP contribution < -0.4 is 20.6 Å². The Labute approximate surface area is 473 Å². The fraction of sp³-hybridized carbons (Fsp3) is 0.429. The molecule has 6 aromatic rings. The SMILES string of the molecule is CC(C)C.CCC.CCC1(OC(=O)C2CCN(C(=O)c3ccc(Oc4ccc(N5C(c6cc(C(C)C)c(O)cc6O)NN(C)C5C(C)=O)cc4)cc3)CC2)C(=O)OCc2c1cc1n(c2=O)Cc2cc3c(CN(C)C)c(O)ccc3nc2-1. The van der Waals surface area contributed by atoms with E-state index < -0.39 is 35.8 Å². The van der Waals surface area contributed by atoms with Gasteiger partial charge in [0.2, 0.25) is 5.60 Å². The van der Waals surface area contributed by atoms with Crippen LogP contribution in [-0.4, -0.2) is 104 Å². The number of cyclic esters (lactones) is 1. The molecule has 1 amide bonds. The van der Waals surface area contributed by atoms with E-state index in [4.69, 9.17) is 19.2 Å². The van der Waals surface area contributed by atoms with Crippen LogP contribution in [0.1, 0.15) is 144 Å². The van der Waals surface area contributed by atoms with Gasteiger partial charge in [-0.05, 0) is 137 Å². The van der Waals surface area contributed by atoms with Gasteiger partial charge in [0.05, 0.1) is 34.9 Å². The molecule has 4 aliphatic heterocycles. The number of likely N-dealkylation sites (tertiary alicyclic amines) is 1. The predicted octanol–water partition coefficient (Wildman–Crippen LogP) is 10.2. The number of likely N-dealkylation sites (N-methyl/N-ethyl adjacent to an activating group) is 1. The van der Waals surface area contributed by atoms with Crippen LogP contribution >= 0.6 is 0 Å². The number of nitrogens with one attached hydrogen (secondary N) is 1. The Bertz CT molecular complexity index is 3380. The zero-order valence-corrected chi connectivity index (χ0v) is 48.6. The molecule has 10 rings (SSSR count). The van der Waals surface area contributed by atoms with Crippen molar-refractivity contribution in [3.63, 3.8) is 0 Å². The minimum Gasteiger partial charge on any atom is -0.508 e. The number of hydrogen-bond acceptors (Lipinski definition) is 16. The van der Waals surface area contributed by atoms with Crippen molar-refractivity contribution in [1.82, 2.24) is 29.8 Å². The van der Waals surface area contributed by atoms with Crippen LogP contribution in [0.5, 0.6) is 28.7 Å². The summed E-state index contributed by atoms with van der Waals surface area (Å²) in [5, 5.41) is 34.7. The third-order valence-electron chi connectivity index (χ3n) is 14.8. The molecule has 81 heavy (non-hydrogen) atoms. The van der Waals surface area contributed by atoms with Crippen LogP contribution in [0, 0.1) is 11.8 Å². The maximum Gasteiger partial charge on any atom is 0.355 e. The smallest absolute Gasteiger partial charge is 0.355 e. The number of piperidine rings is 1. The number of nitrogens with zero attached hydrogens (tertiary/aromatic N) is 6. The van der Waals surface area contributed by atoms with E-state index in [-0.39, 0.29) is 84.2 Å². The number of amides is 1. The predicted molar refractivity (Wildman–Crippen MR) is 310 cm³/mol. The zero-order valence-electron chi connectivity index (χ0n) is 48.6. The summed E-state index contributed by atoms with van der Waals surface area (Å²) in [5.41, 5.74) is 7.07. The average molecular weight is 1110 g/mol. The Morgan fingerprint density at radius 1 is 0.852 bits per heavy atom. The van der Waals surface area contributed by atoms with Crippen molar-refractivity contribution >= 4 is 40.2 Å². The third kappa shape index (κ3) is 12.0. The Morgan fingerprint density at radius 3 is 2.07 bits per heavy atom. The second kappa shape index (κ2) is 24.5. The van der Waals surface area contributed by atoms with Gasteiger partial charge in [-0.1, -0.05) is 61.8 Å². The summed E-state index contributed by atoms with van der Waals surface area (Å²) >= 11 is 0. The Morgan fingerprint density at radius 2 is 1.48 bits per heavy atom. The van der Waals surface area contributed by atoms with Gasteiger partial charge < -0.3 is 48.8 Å².